The van der Waals surface area contributed by atoms with Crippen LogP contribution in [0.1, 0.15) is 46.0 Å². The largest absolute Gasteiger partial charge is 0.389 e. The lowest BCUT2D eigenvalue weighted by atomic mass is 9.97. The lowest BCUT2D eigenvalue weighted by Crippen LogP contribution is -2.35. The minimum atomic E-state index is -0.656. The van der Waals surface area contributed by atoms with Gasteiger partial charge in [0, 0.05) is 6.54 Å². The van der Waals surface area contributed by atoms with Gasteiger partial charge in [0.2, 0.25) is 0 Å². The summed E-state index contributed by atoms with van der Waals surface area (Å²) in [5.41, 5.74) is 4.83. The van der Waals surface area contributed by atoms with Crippen molar-refractivity contribution < 1.29 is 5.11 Å². The van der Waals surface area contributed by atoms with E-state index in [9.17, 15) is 5.11 Å². The summed E-state index contributed by atoms with van der Waals surface area (Å²) < 4.78 is 0. The maximum absolute atomic E-state index is 9.76. The predicted octanol–water partition coefficient (Wildman–Crippen LogP) is 1.60. The molecule has 0 aromatic rings. The van der Waals surface area contributed by atoms with E-state index in [1.807, 2.05) is 6.92 Å². The van der Waals surface area contributed by atoms with Gasteiger partial charge in [-0.1, -0.05) is 6.92 Å². The van der Waals surface area contributed by atoms with E-state index in [1.54, 1.807) is 0 Å². The summed E-state index contributed by atoms with van der Waals surface area (Å²) in [4.78, 5) is 2.55. The molecular weight excluding hydrogens is 200 g/mol. The third-order valence-corrected chi connectivity index (χ3v) is 3.76. The molecule has 3 N–H and O–H groups in total. The minimum absolute atomic E-state index is 0.369. The average Bonchev–Trinajstić information content (AvgIpc) is 2.27. The van der Waals surface area contributed by atoms with E-state index in [-0.39, 0.29) is 0 Å². The first-order valence-corrected chi connectivity index (χ1v) is 6.68. The topological polar surface area (TPSA) is 49.5 Å². The van der Waals surface area contributed by atoms with E-state index in [0.717, 1.165) is 18.8 Å². The molecule has 1 saturated heterocycles. The summed E-state index contributed by atoms with van der Waals surface area (Å²) in [6.45, 7) is 8.25. The number of unbranched alkanes of at least 4 members (excludes halogenated alkanes) is 1. The molecule has 0 aliphatic carbocycles. The summed E-state index contributed by atoms with van der Waals surface area (Å²) in [6.07, 6.45) is 5.79. The molecule has 1 heterocycles. The maximum atomic E-state index is 9.76. The molecule has 1 aliphatic rings. The van der Waals surface area contributed by atoms with Gasteiger partial charge in [0.1, 0.15) is 0 Å². The van der Waals surface area contributed by atoms with Crippen LogP contribution in [0.15, 0.2) is 0 Å². The molecular formula is C13H28N2O. The summed E-state index contributed by atoms with van der Waals surface area (Å²) >= 11 is 0. The molecule has 1 atom stereocenters. The Labute approximate surface area is 100 Å². The van der Waals surface area contributed by atoms with Crippen LogP contribution >= 0.6 is 0 Å². The smallest absolute Gasteiger partial charge is 0.0741 e. The van der Waals surface area contributed by atoms with Crippen LogP contribution in [0.25, 0.3) is 0 Å². The van der Waals surface area contributed by atoms with Crippen LogP contribution in [0.4, 0.5) is 0 Å². The molecule has 3 nitrogen and oxygen atoms in total. The van der Waals surface area contributed by atoms with Crippen molar-refractivity contribution in [2.75, 3.05) is 26.2 Å². The first-order chi connectivity index (χ1) is 7.53. The Morgan fingerprint density at radius 2 is 1.94 bits per heavy atom. The van der Waals surface area contributed by atoms with Crippen molar-refractivity contribution in [2.45, 2.75) is 51.6 Å². The van der Waals surface area contributed by atoms with Gasteiger partial charge >= 0.3 is 0 Å². The van der Waals surface area contributed by atoms with Crippen molar-refractivity contribution >= 4 is 0 Å². The first kappa shape index (κ1) is 13.9. The number of hydrogen-bond acceptors (Lipinski definition) is 3. The molecule has 16 heavy (non-hydrogen) atoms. The summed E-state index contributed by atoms with van der Waals surface area (Å²) in [5, 5.41) is 9.76. The fourth-order valence-electron chi connectivity index (χ4n) is 2.23. The lowest BCUT2D eigenvalue weighted by Gasteiger charge is -2.30. The molecule has 96 valence electrons. The quantitative estimate of drug-likeness (QED) is 0.679. The SMILES string of the molecule is CC1CCN(CCCCC(C)(O)CN)CC1. The van der Waals surface area contributed by atoms with Crippen LogP contribution in [0, 0.1) is 5.92 Å². The van der Waals surface area contributed by atoms with E-state index < -0.39 is 5.60 Å². The zero-order chi connectivity index (χ0) is 12.0. The molecule has 1 aliphatic heterocycles. The number of rotatable bonds is 6. The Bertz CT molecular complexity index is 186. The predicted molar refractivity (Wildman–Crippen MR) is 68.4 cm³/mol. The zero-order valence-electron chi connectivity index (χ0n) is 10.9. The molecule has 0 amide bonds. The van der Waals surface area contributed by atoms with Gasteiger partial charge < -0.3 is 15.7 Å². The highest BCUT2D eigenvalue weighted by molar-refractivity contribution is 4.74. The molecule has 0 saturated carbocycles. The Hall–Kier alpha value is -0.120. The van der Waals surface area contributed by atoms with Gasteiger partial charge in [0.15, 0.2) is 0 Å². The Morgan fingerprint density at radius 3 is 2.50 bits per heavy atom. The van der Waals surface area contributed by atoms with Crippen LogP contribution in [-0.2, 0) is 0 Å². The highest BCUT2D eigenvalue weighted by Crippen LogP contribution is 2.17. The van der Waals surface area contributed by atoms with Crippen molar-refractivity contribution in [3.8, 4) is 0 Å². The Kier molecular flexibility index (Phi) is 5.73. The monoisotopic (exact) mass is 228 g/mol. The normalized spacial score (nSPS) is 23.2. The maximum Gasteiger partial charge on any atom is 0.0741 e. The second kappa shape index (κ2) is 6.58. The van der Waals surface area contributed by atoms with Crippen LogP contribution in [0.3, 0.4) is 0 Å². The Balaban J connectivity index is 2.03. The van der Waals surface area contributed by atoms with Crippen LogP contribution in [0.2, 0.25) is 0 Å². The fraction of sp³-hybridized carbons (Fsp3) is 1.00. The number of piperidine rings is 1. The summed E-state index contributed by atoms with van der Waals surface area (Å²) in [5.74, 6) is 0.911. The second-order valence-electron chi connectivity index (χ2n) is 5.68. The lowest BCUT2D eigenvalue weighted by molar-refractivity contribution is 0.0559. The standard InChI is InChI=1S/C13H28N2O/c1-12-5-9-15(10-6-12)8-4-3-7-13(2,16)11-14/h12,16H,3-11,14H2,1-2H3. The van der Waals surface area contributed by atoms with Crippen molar-refractivity contribution in [3.05, 3.63) is 0 Å². The third-order valence-electron chi connectivity index (χ3n) is 3.76. The van der Waals surface area contributed by atoms with Crippen LogP contribution in [0.5, 0.6) is 0 Å². The number of nitrogens with zero attached hydrogens (tertiary/aromatic N) is 1. The average molecular weight is 228 g/mol. The molecule has 1 unspecified atom stereocenters. The fourth-order valence-corrected chi connectivity index (χ4v) is 2.23. The van der Waals surface area contributed by atoms with Crippen LogP contribution < -0.4 is 5.73 Å². The Morgan fingerprint density at radius 1 is 1.31 bits per heavy atom. The van der Waals surface area contributed by atoms with Gasteiger partial charge in [-0.05, 0) is 64.6 Å². The molecule has 0 aromatic carbocycles. The van der Waals surface area contributed by atoms with E-state index in [0.29, 0.717) is 6.54 Å². The molecule has 0 aromatic heterocycles. The molecule has 0 spiro atoms. The molecule has 0 bridgehead atoms. The van der Waals surface area contributed by atoms with E-state index in [1.165, 1.54) is 38.9 Å². The number of nitrogens with two attached hydrogens (primary N) is 1. The van der Waals surface area contributed by atoms with Gasteiger partial charge in [-0.15, -0.1) is 0 Å². The molecule has 0 radical (unpaired) electrons. The van der Waals surface area contributed by atoms with Crippen molar-refractivity contribution in [3.63, 3.8) is 0 Å². The van der Waals surface area contributed by atoms with Gasteiger partial charge in [-0.25, -0.2) is 0 Å². The molecule has 3 heteroatoms. The van der Waals surface area contributed by atoms with Gasteiger partial charge in [0.05, 0.1) is 5.60 Å². The van der Waals surface area contributed by atoms with Gasteiger partial charge in [0.25, 0.3) is 0 Å². The highest BCUT2D eigenvalue weighted by atomic mass is 16.3. The summed E-state index contributed by atoms with van der Waals surface area (Å²) in [7, 11) is 0. The number of likely N-dealkylation sites (tertiary alicyclic amines) is 1. The number of hydrogen-bond donors (Lipinski definition) is 2. The van der Waals surface area contributed by atoms with Crippen molar-refractivity contribution in [1.82, 2.24) is 4.90 Å². The second-order valence-corrected chi connectivity index (χ2v) is 5.68. The third kappa shape index (κ3) is 5.28. The van der Waals surface area contributed by atoms with Gasteiger partial charge in [-0.2, -0.15) is 0 Å². The number of aliphatic hydroxyl groups is 1. The molecule has 1 fully saturated rings. The van der Waals surface area contributed by atoms with Gasteiger partial charge in [-0.3, -0.25) is 0 Å². The summed E-state index contributed by atoms with van der Waals surface area (Å²) in [6, 6.07) is 0. The van der Waals surface area contributed by atoms with Crippen LogP contribution in [-0.4, -0.2) is 41.8 Å². The van der Waals surface area contributed by atoms with E-state index >= 15 is 0 Å². The highest BCUT2D eigenvalue weighted by Gasteiger charge is 2.18. The van der Waals surface area contributed by atoms with Crippen molar-refractivity contribution in [2.24, 2.45) is 11.7 Å². The zero-order valence-corrected chi connectivity index (χ0v) is 10.9. The molecule has 1 rings (SSSR count). The first-order valence-electron chi connectivity index (χ1n) is 6.68. The minimum Gasteiger partial charge on any atom is -0.389 e. The van der Waals surface area contributed by atoms with Crippen molar-refractivity contribution in [1.29, 1.82) is 0 Å². The van der Waals surface area contributed by atoms with E-state index in [2.05, 4.69) is 11.8 Å². The van der Waals surface area contributed by atoms with E-state index in [4.69, 9.17) is 5.73 Å².